The summed E-state index contributed by atoms with van der Waals surface area (Å²) in [5.74, 6) is 0.248. The highest BCUT2D eigenvalue weighted by molar-refractivity contribution is 6.32. The summed E-state index contributed by atoms with van der Waals surface area (Å²) in [5, 5.41) is 6.24. The fourth-order valence-corrected chi connectivity index (χ4v) is 3.84. The Morgan fingerprint density at radius 3 is 2.55 bits per heavy atom. The number of hydrogen-bond donors (Lipinski definition) is 3. The van der Waals surface area contributed by atoms with Gasteiger partial charge < -0.3 is 25.7 Å². The first-order valence-electron chi connectivity index (χ1n) is 9.49. The summed E-state index contributed by atoms with van der Waals surface area (Å²) in [6.45, 7) is 3.47. The lowest BCUT2D eigenvalue weighted by molar-refractivity contribution is -0.118. The Morgan fingerprint density at radius 2 is 1.90 bits per heavy atom. The first-order valence-corrected chi connectivity index (χ1v) is 9.87. The van der Waals surface area contributed by atoms with E-state index in [2.05, 4.69) is 10.6 Å². The number of anilines is 3. The Hall–Kier alpha value is -3.59. The molecule has 1 aliphatic rings. The third kappa shape index (κ3) is 3.57. The van der Waals surface area contributed by atoms with E-state index >= 15 is 0 Å². The smallest absolute Gasteiger partial charge is 0.257 e. The molecular weight excluding hydrogens is 424 g/mol. The Balaban J connectivity index is 1.64. The van der Waals surface area contributed by atoms with E-state index in [9.17, 15) is 19.2 Å². The molecule has 0 unspecified atom stereocenters. The van der Waals surface area contributed by atoms with Crippen molar-refractivity contribution < 1.29 is 14.0 Å². The number of benzene rings is 1. The average Bonchev–Trinajstić information content (AvgIpc) is 3.30. The predicted octanol–water partition coefficient (Wildman–Crippen LogP) is 2.20. The molecule has 4 rings (SSSR count). The summed E-state index contributed by atoms with van der Waals surface area (Å²) in [5.41, 5.74) is 5.08. The van der Waals surface area contributed by atoms with Gasteiger partial charge in [0, 0.05) is 17.1 Å². The summed E-state index contributed by atoms with van der Waals surface area (Å²) in [7, 11) is 0. The topological polar surface area (TPSA) is 135 Å². The highest BCUT2D eigenvalue weighted by atomic mass is 35.5. The molecule has 2 amide bonds. The number of amides is 2. The number of carbonyl (C=O) groups excluding carboxylic acids is 2. The van der Waals surface area contributed by atoms with Crippen LogP contribution in [0.5, 0.6) is 0 Å². The van der Waals surface area contributed by atoms with Gasteiger partial charge in [0.2, 0.25) is 5.91 Å². The number of nitrogens with zero attached hydrogens (tertiary/aromatic N) is 1. The molecule has 2 aromatic carbocycles. The van der Waals surface area contributed by atoms with Crippen LogP contribution in [0, 0.1) is 6.92 Å². The number of nitrogens with two attached hydrogens (primary N) is 1. The molecule has 31 heavy (non-hydrogen) atoms. The second kappa shape index (κ2) is 7.59. The van der Waals surface area contributed by atoms with Gasteiger partial charge in [-0.3, -0.25) is 19.2 Å². The van der Waals surface area contributed by atoms with Crippen LogP contribution in [0.15, 0.2) is 38.3 Å². The van der Waals surface area contributed by atoms with Crippen molar-refractivity contribution >= 4 is 40.5 Å². The van der Waals surface area contributed by atoms with Crippen molar-refractivity contribution in [3.05, 3.63) is 72.4 Å². The molecule has 4 N–H and O–H groups in total. The maximum atomic E-state index is 12.8. The largest absolute Gasteiger partial charge is 0.464 e. The van der Waals surface area contributed by atoms with Crippen molar-refractivity contribution in [1.29, 1.82) is 0 Å². The van der Waals surface area contributed by atoms with Gasteiger partial charge in [0.25, 0.3) is 16.8 Å². The Bertz CT molecular complexity index is 1290. The molecule has 10 heteroatoms. The number of carbonyl (C=O) groups is 2. The highest BCUT2D eigenvalue weighted by Crippen LogP contribution is 2.36. The number of rotatable bonds is 7. The van der Waals surface area contributed by atoms with E-state index in [4.69, 9.17) is 21.8 Å². The quantitative estimate of drug-likeness (QED) is 0.477. The van der Waals surface area contributed by atoms with Crippen molar-refractivity contribution in [3.8, 4) is 0 Å². The normalized spacial score (nSPS) is 14.0. The second-order valence-electron chi connectivity index (χ2n) is 7.42. The Kier molecular flexibility index (Phi) is 5.06. The molecule has 160 valence electrons. The standard InChI is InChI=1S/C21H19ClN4O5/c1-9-3-6-14(31-9)10(2)24-17-18(20(29)19(17)28)25-13-5-4-12(22)11-7-26(8-15(23)27)21(30)16(11)13/h3-6,10,24-25H,7-8H2,1-2H3,(H2,23,27)/t10-/m1/s1. The van der Waals surface area contributed by atoms with Gasteiger partial charge in [-0.2, -0.15) is 0 Å². The van der Waals surface area contributed by atoms with Crippen LogP contribution < -0.4 is 27.2 Å². The highest BCUT2D eigenvalue weighted by Gasteiger charge is 2.34. The molecule has 0 radical (unpaired) electrons. The molecule has 1 aliphatic heterocycles. The number of hydrogen-bond acceptors (Lipinski definition) is 7. The van der Waals surface area contributed by atoms with Crippen molar-refractivity contribution in [2.75, 3.05) is 17.2 Å². The van der Waals surface area contributed by atoms with Gasteiger partial charge >= 0.3 is 0 Å². The third-order valence-electron chi connectivity index (χ3n) is 5.17. The summed E-state index contributed by atoms with van der Waals surface area (Å²) in [4.78, 5) is 49.8. The zero-order chi connectivity index (χ0) is 22.4. The molecule has 3 aromatic rings. The summed E-state index contributed by atoms with van der Waals surface area (Å²) in [6, 6.07) is 6.35. The van der Waals surface area contributed by atoms with E-state index in [0.717, 1.165) is 5.76 Å². The summed E-state index contributed by atoms with van der Waals surface area (Å²) in [6.07, 6.45) is 0. The molecule has 0 aliphatic carbocycles. The Labute approximate surface area is 181 Å². The van der Waals surface area contributed by atoms with Crippen LogP contribution in [0.25, 0.3) is 0 Å². The molecular formula is C21H19ClN4O5. The monoisotopic (exact) mass is 442 g/mol. The minimum Gasteiger partial charge on any atom is -0.464 e. The molecule has 9 nitrogen and oxygen atoms in total. The van der Waals surface area contributed by atoms with E-state index in [0.29, 0.717) is 22.0 Å². The SMILES string of the molecule is Cc1ccc([C@@H](C)Nc2c(Nc3ccc(Cl)c4c3C(=O)N(CC(N)=O)C4)c(=O)c2=O)o1. The number of aryl methyl sites for hydroxylation is 1. The molecule has 1 aromatic heterocycles. The van der Waals surface area contributed by atoms with Gasteiger partial charge in [0.1, 0.15) is 22.9 Å². The molecule has 1 atom stereocenters. The number of furan rings is 1. The van der Waals surface area contributed by atoms with E-state index in [1.165, 1.54) is 4.90 Å². The predicted molar refractivity (Wildman–Crippen MR) is 116 cm³/mol. The van der Waals surface area contributed by atoms with Crippen LogP contribution in [0.4, 0.5) is 17.1 Å². The molecule has 0 bridgehead atoms. The molecule has 2 heterocycles. The van der Waals surface area contributed by atoms with Crippen molar-refractivity contribution in [1.82, 2.24) is 4.90 Å². The van der Waals surface area contributed by atoms with Gasteiger partial charge in [-0.1, -0.05) is 11.6 Å². The molecule has 0 saturated carbocycles. The summed E-state index contributed by atoms with van der Waals surface area (Å²) < 4.78 is 5.56. The van der Waals surface area contributed by atoms with E-state index in [-0.39, 0.29) is 36.1 Å². The fraction of sp³-hybridized carbons (Fsp3) is 0.238. The van der Waals surface area contributed by atoms with Crippen LogP contribution in [0.3, 0.4) is 0 Å². The van der Waals surface area contributed by atoms with Crippen LogP contribution >= 0.6 is 11.6 Å². The number of nitrogens with one attached hydrogen (secondary N) is 2. The lowest BCUT2D eigenvalue weighted by atomic mass is 10.1. The number of primary amides is 1. The maximum absolute atomic E-state index is 12.8. The third-order valence-corrected chi connectivity index (χ3v) is 5.53. The van der Waals surface area contributed by atoms with Gasteiger partial charge in [0.05, 0.1) is 23.8 Å². The van der Waals surface area contributed by atoms with Crippen LogP contribution in [0.1, 0.15) is 40.4 Å². The van der Waals surface area contributed by atoms with Gasteiger partial charge in [0.15, 0.2) is 0 Å². The van der Waals surface area contributed by atoms with Crippen LogP contribution in [-0.4, -0.2) is 23.3 Å². The fourth-order valence-electron chi connectivity index (χ4n) is 3.62. The van der Waals surface area contributed by atoms with Crippen LogP contribution in [0.2, 0.25) is 5.02 Å². The zero-order valence-electron chi connectivity index (χ0n) is 16.7. The Morgan fingerprint density at radius 1 is 1.19 bits per heavy atom. The molecule has 0 saturated heterocycles. The lowest BCUT2D eigenvalue weighted by Gasteiger charge is -2.19. The first kappa shape index (κ1) is 20.7. The van der Waals surface area contributed by atoms with Gasteiger partial charge in [-0.25, -0.2) is 0 Å². The van der Waals surface area contributed by atoms with Gasteiger partial charge in [-0.05, 0) is 38.1 Å². The number of fused-ring (bicyclic) bond motifs is 1. The minimum atomic E-state index is -0.700. The summed E-state index contributed by atoms with van der Waals surface area (Å²) >= 11 is 6.23. The molecule has 0 fully saturated rings. The second-order valence-corrected chi connectivity index (χ2v) is 7.83. The van der Waals surface area contributed by atoms with E-state index in [1.807, 2.05) is 0 Å². The number of halogens is 1. The first-order chi connectivity index (χ1) is 14.7. The van der Waals surface area contributed by atoms with Crippen molar-refractivity contribution in [2.45, 2.75) is 26.4 Å². The van der Waals surface area contributed by atoms with Gasteiger partial charge in [-0.15, -0.1) is 0 Å². The minimum absolute atomic E-state index is 0.0470. The average molecular weight is 443 g/mol. The van der Waals surface area contributed by atoms with Crippen LogP contribution in [-0.2, 0) is 11.3 Å². The lowest BCUT2D eigenvalue weighted by Crippen LogP contribution is -2.37. The van der Waals surface area contributed by atoms with E-state index < -0.39 is 22.7 Å². The van der Waals surface area contributed by atoms with Crippen molar-refractivity contribution in [2.24, 2.45) is 5.73 Å². The molecule has 0 spiro atoms. The zero-order valence-corrected chi connectivity index (χ0v) is 17.5. The van der Waals surface area contributed by atoms with E-state index in [1.54, 1.807) is 38.1 Å². The maximum Gasteiger partial charge on any atom is 0.257 e. The van der Waals surface area contributed by atoms with Crippen molar-refractivity contribution in [3.63, 3.8) is 0 Å².